The van der Waals surface area contributed by atoms with Gasteiger partial charge < -0.3 is 0 Å². The van der Waals surface area contributed by atoms with Crippen LogP contribution in [0.15, 0.2) is 17.8 Å². The summed E-state index contributed by atoms with van der Waals surface area (Å²) in [6, 6.07) is 4.12. The molecule has 0 saturated carbocycles. The van der Waals surface area contributed by atoms with Crippen molar-refractivity contribution in [2.75, 3.05) is 0 Å². The van der Waals surface area contributed by atoms with Crippen molar-refractivity contribution in [3.8, 4) is 0 Å². The normalized spacial score (nSPS) is 12.7. The molecular weight excluding hydrogens is 242 g/mol. The van der Waals surface area contributed by atoms with Gasteiger partial charge in [0.15, 0.2) is 5.70 Å². The van der Waals surface area contributed by atoms with E-state index in [1.165, 1.54) is 17.3 Å². The summed E-state index contributed by atoms with van der Waals surface area (Å²) in [6.45, 7) is 15.3. The predicted octanol–water partition coefficient (Wildman–Crippen LogP) is 4.27. The second-order valence-electron chi connectivity index (χ2n) is 5.31. The highest BCUT2D eigenvalue weighted by molar-refractivity contribution is 7.00. The number of benzene rings is 1. The van der Waals surface area contributed by atoms with Gasteiger partial charge in [-0.05, 0) is 23.5 Å². The van der Waals surface area contributed by atoms with E-state index in [1.807, 2.05) is 12.1 Å². The lowest BCUT2D eigenvalue weighted by Crippen LogP contribution is -2.11. The Labute approximate surface area is 111 Å². The molecule has 0 fully saturated rings. The van der Waals surface area contributed by atoms with Crippen molar-refractivity contribution in [3.05, 3.63) is 40.4 Å². The van der Waals surface area contributed by atoms with Crippen molar-refractivity contribution < 1.29 is 0 Å². The second-order valence-corrected chi connectivity index (χ2v) is 5.84. The van der Waals surface area contributed by atoms with Crippen molar-refractivity contribution in [3.63, 3.8) is 0 Å². The van der Waals surface area contributed by atoms with Crippen LogP contribution in [0.25, 0.3) is 22.0 Å². The van der Waals surface area contributed by atoms with Crippen LogP contribution in [0, 0.1) is 6.57 Å². The van der Waals surface area contributed by atoms with Gasteiger partial charge in [-0.1, -0.05) is 39.0 Å². The van der Waals surface area contributed by atoms with Gasteiger partial charge in [-0.15, -0.1) is 0 Å². The zero-order valence-corrected chi connectivity index (χ0v) is 11.8. The van der Waals surface area contributed by atoms with E-state index in [4.69, 9.17) is 6.57 Å². The molecule has 0 radical (unpaired) electrons. The van der Waals surface area contributed by atoms with E-state index in [0.717, 1.165) is 16.6 Å². The lowest BCUT2D eigenvalue weighted by molar-refractivity contribution is 0.595. The number of rotatable bonds is 1. The van der Waals surface area contributed by atoms with Gasteiger partial charge in [0, 0.05) is 0 Å². The van der Waals surface area contributed by atoms with Gasteiger partial charge >= 0.3 is 0 Å². The van der Waals surface area contributed by atoms with E-state index in [2.05, 4.69) is 40.4 Å². The van der Waals surface area contributed by atoms with Crippen molar-refractivity contribution in [2.45, 2.75) is 33.1 Å². The SMILES string of the molecule is [C-]#[N+]/C(C)=C\c1ccc(C(C)(C)C)c2nsnc12. The molecular formula is C14H15N3S. The van der Waals surface area contributed by atoms with Crippen LogP contribution in [-0.4, -0.2) is 8.75 Å². The minimum atomic E-state index is 0.0467. The van der Waals surface area contributed by atoms with Gasteiger partial charge in [0.05, 0.1) is 18.3 Å². The third-order valence-corrected chi connectivity index (χ3v) is 3.32. The molecule has 0 saturated heterocycles. The molecule has 0 aliphatic rings. The Bertz CT molecular complexity index is 654. The molecule has 3 nitrogen and oxygen atoms in total. The smallest absolute Gasteiger partial charge is 0.163 e. The number of aromatic nitrogens is 2. The van der Waals surface area contributed by atoms with Gasteiger partial charge in [-0.2, -0.15) is 8.75 Å². The first-order valence-electron chi connectivity index (χ1n) is 5.75. The van der Waals surface area contributed by atoms with Crippen LogP contribution >= 0.6 is 11.7 Å². The zero-order chi connectivity index (χ0) is 13.3. The summed E-state index contributed by atoms with van der Waals surface area (Å²) < 4.78 is 8.77. The Morgan fingerprint density at radius 1 is 1.28 bits per heavy atom. The molecule has 0 N–H and O–H groups in total. The molecule has 2 aromatic rings. The van der Waals surface area contributed by atoms with Crippen molar-refractivity contribution in [2.24, 2.45) is 0 Å². The number of nitrogens with zero attached hydrogens (tertiary/aromatic N) is 3. The number of fused-ring (bicyclic) bond motifs is 1. The fourth-order valence-electron chi connectivity index (χ4n) is 1.86. The van der Waals surface area contributed by atoms with E-state index >= 15 is 0 Å². The average molecular weight is 257 g/mol. The Balaban J connectivity index is 2.70. The zero-order valence-electron chi connectivity index (χ0n) is 11.0. The minimum Gasteiger partial charge on any atom is -0.243 e. The van der Waals surface area contributed by atoms with Crippen LogP contribution in [0.4, 0.5) is 0 Å². The predicted molar refractivity (Wildman–Crippen MR) is 76.4 cm³/mol. The van der Waals surface area contributed by atoms with Gasteiger partial charge in [0.2, 0.25) is 0 Å². The second kappa shape index (κ2) is 4.51. The summed E-state index contributed by atoms with van der Waals surface area (Å²) in [5.41, 5.74) is 4.73. The van der Waals surface area contributed by atoms with E-state index < -0.39 is 0 Å². The average Bonchev–Trinajstić information content (AvgIpc) is 2.76. The maximum atomic E-state index is 6.99. The molecule has 0 aliphatic carbocycles. The summed E-state index contributed by atoms with van der Waals surface area (Å²) in [5, 5.41) is 0. The first-order chi connectivity index (χ1) is 8.43. The maximum absolute atomic E-state index is 6.99. The first-order valence-corrected chi connectivity index (χ1v) is 6.48. The molecule has 0 spiro atoms. The third kappa shape index (κ3) is 2.27. The van der Waals surface area contributed by atoms with Crippen molar-refractivity contribution in [1.29, 1.82) is 0 Å². The minimum absolute atomic E-state index is 0.0467. The largest absolute Gasteiger partial charge is 0.243 e. The molecule has 1 aromatic heterocycles. The summed E-state index contributed by atoms with van der Waals surface area (Å²) in [7, 11) is 0. The maximum Gasteiger partial charge on any atom is 0.163 e. The summed E-state index contributed by atoms with van der Waals surface area (Å²) in [4.78, 5) is 3.41. The quantitative estimate of drug-likeness (QED) is 0.714. The van der Waals surface area contributed by atoms with Gasteiger partial charge in [0.1, 0.15) is 11.0 Å². The highest BCUT2D eigenvalue weighted by Gasteiger charge is 2.19. The van der Waals surface area contributed by atoms with Crippen LogP contribution in [0.1, 0.15) is 38.8 Å². The molecule has 1 heterocycles. The number of allylic oxidation sites excluding steroid dienone is 1. The monoisotopic (exact) mass is 257 g/mol. The van der Waals surface area contributed by atoms with Crippen LogP contribution in [0.2, 0.25) is 0 Å². The summed E-state index contributed by atoms with van der Waals surface area (Å²) in [5.74, 6) is 0. The van der Waals surface area contributed by atoms with Gasteiger partial charge in [0.25, 0.3) is 0 Å². The first kappa shape index (κ1) is 12.7. The highest BCUT2D eigenvalue weighted by Crippen LogP contribution is 2.31. The van der Waals surface area contributed by atoms with Crippen molar-refractivity contribution >= 4 is 28.8 Å². The van der Waals surface area contributed by atoms with E-state index in [9.17, 15) is 0 Å². The van der Waals surface area contributed by atoms with E-state index in [0.29, 0.717) is 5.70 Å². The number of hydrogen-bond donors (Lipinski definition) is 0. The van der Waals surface area contributed by atoms with Gasteiger partial charge in [-0.3, -0.25) is 0 Å². The molecule has 0 bridgehead atoms. The number of hydrogen-bond acceptors (Lipinski definition) is 3. The Morgan fingerprint density at radius 3 is 2.56 bits per heavy atom. The Hall–Kier alpha value is -1.73. The fraction of sp³-hybridized carbons (Fsp3) is 0.357. The highest BCUT2D eigenvalue weighted by atomic mass is 32.1. The van der Waals surface area contributed by atoms with Crippen LogP contribution in [0.5, 0.6) is 0 Å². The van der Waals surface area contributed by atoms with E-state index in [-0.39, 0.29) is 5.41 Å². The molecule has 4 heteroatoms. The molecule has 0 atom stereocenters. The lowest BCUT2D eigenvalue weighted by Gasteiger charge is -2.19. The molecule has 92 valence electrons. The topological polar surface area (TPSA) is 30.1 Å². The third-order valence-electron chi connectivity index (χ3n) is 2.80. The van der Waals surface area contributed by atoms with E-state index in [1.54, 1.807) is 6.92 Å². The summed E-state index contributed by atoms with van der Waals surface area (Å²) >= 11 is 1.23. The fourth-order valence-corrected chi connectivity index (χ4v) is 2.45. The molecule has 18 heavy (non-hydrogen) atoms. The van der Waals surface area contributed by atoms with Crippen LogP contribution < -0.4 is 0 Å². The van der Waals surface area contributed by atoms with Gasteiger partial charge in [-0.25, -0.2) is 4.85 Å². The molecule has 2 rings (SSSR count). The molecule has 0 unspecified atom stereocenters. The molecule has 0 amide bonds. The summed E-state index contributed by atoms with van der Waals surface area (Å²) in [6.07, 6.45) is 1.86. The lowest BCUT2D eigenvalue weighted by atomic mass is 9.85. The Kier molecular flexibility index (Phi) is 3.18. The molecule has 1 aromatic carbocycles. The van der Waals surface area contributed by atoms with Crippen LogP contribution in [0.3, 0.4) is 0 Å². The van der Waals surface area contributed by atoms with Crippen LogP contribution in [-0.2, 0) is 5.41 Å². The molecule has 0 aliphatic heterocycles. The Morgan fingerprint density at radius 2 is 1.94 bits per heavy atom. The van der Waals surface area contributed by atoms with Crippen molar-refractivity contribution in [1.82, 2.24) is 8.75 Å². The standard InChI is InChI=1S/C14H15N3S/c1-9(15-5)8-10-6-7-11(14(2,3)4)13-12(10)16-18-17-13/h6-8H,1-4H3/b9-8-.